The van der Waals surface area contributed by atoms with Gasteiger partial charge in [-0.1, -0.05) is 18.2 Å². The summed E-state index contributed by atoms with van der Waals surface area (Å²) in [6, 6.07) is 12.0. The van der Waals surface area contributed by atoms with E-state index >= 15 is 0 Å². The Morgan fingerprint density at radius 1 is 1.08 bits per heavy atom. The minimum Gasteiger partial charge on any atom is -0.334 e. The molecule has 0 spiro atoms. The number of nitrogens with zero attached hydrogens (tertiary/aromatic N) is 3. The van der Waals surface area contributed by atoms with Gasteiger partial charge in [-0.25, -0.2) is 9.18 Å². The summed E-state index contributed by atoms with van der Waals surface area (Å²) in [5.74, 6) is -0.269. The number of aromatic nitrogens is 1. The topological polar surface area (TPSA) is 48.5 Å². The summed E-state index contributed by atoms with van der Waals surface area (Å²) >= 11 is 0. The number of hydrogen-bond acceptors (Lipinski definition) is 3. The first-order valence-electron chi connectivity index (χ1n) is 8.10. The van der Waals surface area contributed by atoms with Crippen LogP contribution in [0.15, 0.2) is 48.7 Å². The summed E-state index contributed by atoms with van der Waals surface area (Å²) < 4.78 is 12.9. The molecular formula is C18H21FN4O. The van der Waals surface area contributed by atoms with Crippen LogP contribution in [0.25, 0.3) is 0 Å². The molecule has 6 heteroatoms. The molecule has 2 aromatic rings. The maximum atomic E-state index is 12.9. The van der Waals surface area contributed by atoms with Crippen molar-refractivity contribution in [2.45, 2.75) is 13.1 Å². The lowest BCUT2D eigenvalue weighted by atomic mass is 10.2. The third-order valence-electron chi connectivity index (χ3n) is 4.13. The number of amides is 2. The van der Waals surface area contributed by atoms with Gasteiger partial charge in [-0.15, -0.1) is 0 Å². The van der Waals surface area contributed by atoms with Crippen molar-refractivity contribution in [2.75, 3.05) is 26.2 Å². The van der Waals surface area contributed by atoms with E-state index in [2.05, 4.69) is 15.2 Å². The average Bonchev–Trinajstić information content (AvgIpc) is 2.62. The highest BCUT2D eigenvalue weighted by molar-refractivity contribution is 5.74. The maximum absolute atomic E-state index is 12.9. The van der Waals surface area contributed by atoms with Crippen LogP contribution in [0.5, 0.6) is 0 Å². The third-order valence-corrected chi connectivity index (χ3v) is 4.13. The molecule has 1 aromatic heterocycles. The van der Waals surface area contributed by atoms with E-state index in [1.807, 2.05) is 23.1 Å². The van der Waals surface area contributed by atoms with Gasteiger partial charge in [0.05, 0.1) is 5.69 Å². The van der Waals surface area contributed by atoms with E-state index in [1.54, 1.807) is 18.3 Å². The lowest BCUT2D eigenvalue weighted by molar-refractivity contribution is 0.134. The zero-order valence-electron chi connectivity index (χ0n) is 13.5. The van der Waals surface area contributed by atoms with E-state index in [1.165, 1.54) is 12.1 Å². The van der Waals surface area contributed by atoms with Gasteiger partial charge in [-0.2, -0.15) is 0 Å². The van der Waals surface area contributed by atoms with Crippen molar-refractivity contribution in [3.8, 4) is 0 Å². The van der Waals surface area contributed by atoms with Gasteiger partial charge in [0.15, 0.2) is 0 Å². The molecule has 5 nitrogen and oxygen atoms in total. The number of carbonyl (C=O) groups excluding carboxylic acids is 1. The molecule has 0 aliphatic carbocycles. The Labute approximate surface area is 141 Å². The molecule has 1 aromatic carbocycles. The SMILES string of the molecule is O=C(NCc1ccc(F)cc1)N1CCN(Cc2ccccn2)CC1. The van der Waals surface area contributed by atoms with Gasteiger partial charge >= 0.3 is 6.03 Å². The van der Waals surface area contributed by atoms with Crippen LogP contribution in [-0.4, -0.2) is 47.0 Å². The number of urea groups is 1. The van der Waals surface area contributed by atoms with Crippen molar-refractivity contribution in [3.63, 3.8) is 0 Å². The van der Waals surface area contributed by atoms with Gasteiger partial charge < -0.3 is 10.2 Å². The number of halogens is 1. The Morgan fingerprint density at radius 2 is 1.83 bits per heavy atom. The summed E-state index contributed by atoms with van der Waals surface area (Å²) in [7, 11) is 0. The number of nitrogens with one attached hydrogen (secondary N) is 1. The molecule has 2 heterocycles. The molecule has 0 unspecified atom stereocenters. The zero-order chi connectivity index (χ0) is 16.8. The fraction of sp³-hybridized carbons (Fsp3) is 0.333. The monoisotopic (exact) mass is 328 g/mol. The fourth-order valence-electron chi connectivity index (χ4n) is 2.72. The Bertz CT molecular complexity index is 654. The molecule has 24 heavy (non-hydrogen) atoms. The molecule has 1 aliphatic rings. The number of carbonyl (C=O) groups is 1. The highest BCUT2D eigenvalue weighted by atomic mass is 19.1. The average molecular weight is 328 g/mol. The van der Waals surface area contributed by atoms with Crippen LogP contribution in [0.4, 0.5) is 9.18 Å². The van der Waals surface area contributed by atoms with Crippen molar-refractivity contribution in [1.29, 1.82) is 0 Å². The quantitative estimate of drug-likeness (QED) is 0.936. The summed E-state index contributed by atoms with van der Waals surface area (Å²) in [6.45, 7) is 4.28. The van der Waals surface area contributed by atoms with Crippen LogP contribution in [0.3, 0.4) is 0 Å². The molecule has 0 saturated carbocycles. The minimum atomic E-state index is -0.269. The van der Waals surface area contributed by atoms with E-state index in [4.69, 9.17) is 0 Å². The molecule has 1 aliphatic heterocycles. The molecular weight excluding hydrogens is 307 g/mol. The lowest BCUT2D eigenvalue weighted by Crippen LogP contribution is -2.51. The lowest BCUT2D eigenvalue weighted by Gasteiger charge is -2.34. The van der Waals surface area contributed by atoms with Gasteiger partial charge in [-0.05, 0) is 29.8 Å². The van der Waals surface area contributed by atoms with Gasteiger partial charge in [-0.3, -0.25) is 9.88 Å². The van der Waals surface area contributed by atoms with Crippen LogP contribution >= 0.6 is 0 Å². The smallest absolute Gasteiger partial charge is 0.317 e. The van der Waals surface area contributed by atoms with Gasteiger partial charge in [0, 0.05) is 45.5 Å². The van der Waals surface area contributed by atoms with E-state index in [9.17, 15) is 9.18 Å². The van der Waals surface area contributed by atoms with E-state index in [0.29, 0.717) is 19.6 Å². The molecule has 0 atom stereocenters. The van der Waals surface area contributed by atoms with Crippen molar-refractivity contribution in [3.05, 3.63) is 65.7 Å². The zero-order valence-corrected chi connectivity index (χ0v) is 13.5. The Kier molecular flexibility index (Phi) is 5.38. The Morgan fingerprint density at radius 3 is 2.50 bits per heavy atom. The van der Waals surface area contributed by atoms with Crippen molar-refractivity contribution < 1.29 is 9.18 Å². The first-order chi connectivity index (χ1) is 11.7. The molecule has 126 valence electrons. The number of pyridine rings is 1. The van der Waals surface area contributed by atoms with Crippen molar-refractivity contribution in [1.82, 2.24) is 20.1 Å². The summed E-state index contributed by atoms with van der Waals surface area (Å²) in [4.78, 5) is 20.7. The van der Waals surface area contributed by atoms with Crippen molar-refractivity contribution >= 4 is 6.03 Å². The number of rotatable bonds is 4. The number of hydrogen-bond donors (Lipinski definition) is 1. The van der Waals surface area contributed by atoms with Crippen LogP contribution in [0.2, 0.25) is 0 Å². The molecule has 0 bridgehead atoms. The van der Waals surface area contributed by atoms with Crippen LogP contribution in [0.1, 0.15) is 11.3 Å². The van der Waals surface area contributed by atoms with E-state index in [0.717, 1.165) is 30.9 Å². The Hall–Kier alpha value is -2.47. The molecule has 1 fully saturated rings. The number of benzene rings is 1. The fourth-order valence-corrected chi connectivity index (χ4v) is 2.72. The normalized spacial score (nSPS) is 15.3. The molecule has 1 saturated heterocycles. The second kappa shape index (κ2) is 7.88. The first kappa shape index (κ1) is 16.4. The highest BCUT2D eigenvalue weighted by Gasteiger charge is 2.21. The summed E-state index contributed by atoms with van der Waals surface area (Å²) in [5.41, 5.74) is 1.94. The number of piperazine rings is 1. The second-order valence-electron chi connectivity index (χ2n) is 5.87. The first-order valence-corrected chi connectivity index (χ1v) is 8.10. The predicted molar refractivity (Wildman–Crippen MR) is 89.7 cm³/mol. The van der Waals surface area contributed by atoms with Crippen molar-refractivity contribution in [2.24, 2.45) is 0 Å². The predicted octanol–water partition coefficient (Wildman–Crippen LogP) is 2.25. The summed E-state index contributed by atoms with van der Waals surface area (Å²) in [6.07, 6.45) is 1.80. The molecule has 0 radical (unpaired) electrons. The molecule has 3 rings (SSSR count). The standard InChI is InChI=1S/C18H21FN4O/c19-16-6-4-15(5-7-16)13-21-18(24)23-11-9-22(10-12-23)14-17-3-1-2-8-20-17/h1-8H,9-14H2,(H,21,24). The Balaban J connectivity index is 1.42. The largest absolute Gasteiger partial charge is 0.334 e. The highest BCUT2D eigenvalue weighted by Crippen LogP contribution is 2.07. The minimum absolute atomic E-state index is 0.0724. The van der Waals surface area contributed by atoms with Gasteiger partial charge in [0.1, 0.15) is 5.82 Å². The van der Waals surface area contributed by atoms with E-state index in [-0.39, 0.29) is 11.8 Å². The van der Waals surface area contributed by atoms with Gasteiger partial charge in [0.2, 0.25) is 0 Å². The molecule has 1 N–H and O–H groups in total. The van der Waals surface area contributed by atoms with Crippen LogP contribution < -0.4 is 5.32 Å². The second-order valence-corrected chi connectivity index (χ2v) is 5.87. The van der Waals surface area contributed by atoms with Crippen LogP contribution in [0, 0.1) is 5.82 Å². The van der Waals surface area contributed by atoms with Gasteiger partial charge in [0.25, 0.3) is 0 Å². The molecule has 2 amide bonds. The third kappa shape index (κ3) is 4.52. The van der Waals surface area contributed by atoms with Crippen LogP contribution in [-0.2, 0) is 13.1 Å². The van der Waals surface area contributed by atoms with E-state index < -0.39 is 0 Å². The summed E-state index contributed by atoms with van der Waals surface area (Å²) in [5, 5.41) is 2.89. The maximum Gasteiger partial charge on any atom is 0.317 e.